The van der Waals surface area contributed by atoms with E-state index in [2.05, 4.69) is 22.4 Å². The van der Waals surface area contributed by atoms with Crippen molar-refractivity contribution in [3.63, 3.8) is 0 Å². The van der Waals surface area contributed by atoms with E-state index in [0.29, 0.717) is 140 Å². The minimum absolute atomic E-state index is 0.336. The Morgan fingerprint density at radius 2 is 1.00 bits per heavy atom. The fourth-order valence-corrected chi connectivity index (χ4v) is 4.29. The van der Waals surface area contributed by atoms with Gasteiger partial charge in [-0.1, -0.05) is 26.1 Å². The number of azo groups is 1. The van der Waals surface area contributed by atoms with Crippen LogP contribution in [0.3, 0.4) is 0 Å². The number of nitrogens with one attached hydrogen (secondary N) is 1. The van der Waals surface area contributed by atoms with Crippen molar-refractivity contribution in [2.75, 3.05) is 111 Å². The van der Waals surface area contributed by atoms with Gasteiger partial charge in [-0.3, -0.25) is 0 Å². The molecule has 0 bridgehead atoms. The molecule has 0 saturated heterocycles. The van der Waals surface area contributed by atoms with Gasteiger partial charge in [-0.15, -0.1) is 5.11 Å². The lowest BCUT2D eigenvalue weighted by atomic mass is 9.86. The SMILES string of the molecule is CCCC[B]Nc1cc2c(cc1N=Nc1ccc3c(c1)OCCOCCOCCOCCO3)OCCOCCOCCOCCO2. The van der Waals surface area contributed by atoms with Gasteiger partial charge in [-0.2, -0.15) is 5.11 Å². The van der Waals surface area contributed by atoms with Crippen LogP contribution in [-0.4, -0.2) is 113 Å². The van der Waals surface area contributed by atoms with Crippen molar-refractivity contribution in [3.05, 3.63) is 30.3 Å². The largest absolute Gasteiger partial charge is 0.487 e. The van der Waals surface area contributed by atoms with E-state index < -0.39 is 0 Å². The van der Waals surface area contributed by atoms with Gasteiger partial charge >= 0.3 is 0 Å². The predicted octanol–water partition coefficient (Wildman–Crippen LogP) is 4.99. The van der Waals surface area contributed by atoms with E-state index in [-0.39, 0.29) is 0 Å². The number of benzene rings is 2. The van der Waals surface area contributed by atoms with Crippen molar-refractivity contribution >= 4 is 24.5 Å². The van der Waals surface area contributed by atoms with Crippen molar-refractivity contribution in [1.29, 1.82) is 0 Å². The maximum Gasteiger partial charge on any atom is 0.242 e. The molecule has 14 heteroatoms. The van der Waals surface area contributed by atoms with Crippen LogP contribution < -0.4 is 24.2 Å². The fourth-order valence-electron chi connectivity index (χ4n) is 4.29. The summed E-state index contributed by atoms with van der Waals surface area (Å²) in [6.45, 7) is 9.23. The molecule has 1 N–H and O–H groups in total. The summed E-state index contributed by atoms with van der Waals surface area (Å²) in [6, 6.07) is 9.14. The molecule has 2 aromatic rings. The lowest BCUT2D eigenvalue weighted by molar-refractivity contribution is 0.00708. The molecule has 0 spiro atoms. The van der Waals surface area contributed by atoms with Crippen molar-refractivity contribution in [2.45, 2.75) is 26.1 Å². The third-order valence-electron chi connectivity index (χ3n) is 6.65. The summed E-state index contributed by atoms with van der Waals surface area (Å²) in [7, 11) is 2.02. The Balaban J connectivity index is 1.54. The highest BCUT2D eigenvalue weighted by Crippen LogP contribution is 2.40. The number of ether oxygens (including phenoxy) is 10. The Labute approximate surface area is 272 Å². The molecule has 46 heavy (non-hydrogen) atoms. The van der Waals surface area contributed by atoms with Gasteiger partial charge in [0.1, 0.15) is 32.1 Å². The Hall–Kier alpha value is -3.14. The van der Waals surface area contributed by atoms with Crippen LogP contribution in [0.15, 0.2) is 40.6 Å². The zero-order valence-electron chi connectivity index (χ0n) is 26.9. The lowest BCUT2D eigenvalue weighted by Crippen LogP contribution is -2.13. The maximum absolute atomic E-state index is 6.08. The first-order valence-electron chi connectivity index (χ1n) is 16.1. The summed E-state index contributed by atoms with van der Waals surface area (Å²) < 4.78 is 57.5. The van der Waals surface area contributed by atoms with E-state index in [9.17, 15) is 0 Å². The van der Waals surface area contributed by atoms with E-state index in [0.717, 1.165) is 24.8 Å². The summed E-state index contributed by atoms with van der Waals surface area (Å²) >= 11 is 0. The molecule has 13 nitrogen and oxygen atoms in total. The molecule has 0 unspecified atom stereocenters. The average Bonchev–Trinajstić information content (AvgIpc) is 3.08. The van der Waals surface area contributed by atoms with Gasteiger partial charge in [-0.05, 0) is 12.1 Å². The predicted molar refractivity (Wildman–Crippen MR) is 173 cm³/mol. The first kappa shape index (κ1) is 35.7. The number of unbranched alkanes of at least 4 members (excludes halogenated alkanes) is 1. The molecule has 0 amide bonds. The highest BCUT2D eigenvalue weighted by Gasteiger charge is 2.15. The van der Waals surface area contributed by atoms with Crippen LogP contribution in [0.5, 0.6) is 23.0 Å². The summed E-state index contributed by atoms with van der Waals surface area (Å²) in [6.07, 6.45) is 3.06. The van der Waals surface area contributed by atoms with E-state index in [1.165, 1.54) is 0 Å². The van der Waals surface area contributed by atoms with Crippen LogP contribution in [-0.2, 0) is 28.4 Å². The van der Waals surface area contributed by atoms with E-state index >= 15 is 0 Å². The van der Waals surface area contributed by atoms with Crippen LogP contribution in [0, 0.1) is 0 Å². The molecule has 2 heterocycles. The zero-order chi connectivity index (χ0) is 31.9. The third-order valence-corrected chi connectivity index (χ3v) is 6.65. The molecule has 0 aliphatic carbocycles. The van der Waals surface area contributed by atoms with Crippen molar-refractivity contribution < 1.29 is 47.4 Å². The van der Waals surface area contributed by atoms with E-state index in [4.69, 9.17) is 47.4 Å². The number of anilines is 1. The summed E-state index contributed by atoms with van der Waals surface area (Å²) in [5.74, 6) is 2.24. The average molecular weight is 645 g/mol. The molecular weight excluding hydrogens is 597 g/mol. The highest BCUT2D eigenvalue weighted by atomic mass is 16.6. The second-order valence-electron chi connectivity index (χ2n) is 10.2. The summed E-state index contributed by atoms with van der Waals surface area (Å²) in [5, 5.41) is 12.6. The first-order valence-corrected chi connectivity index (χ1v) is 16.1. The van der Waals surface area contributed by atoms with Gasteiger partial charge in [0.25, 0.3) is 0 Å². The standard InChI is InChI=1S/C32H47BN3O10/c1-2-3-6-33-34-27-24-31-32(46-22-18-42-14-10-38-9-13-41-17-21-45-31)25-28(27)36-35-26-4-5-29-30(23-26)44-20-16-40-12-8-37-7-11-39-15-19-43-29/h4-5,23-25,34H,2-3,6-22H2,1H3. The second-order valence-corrected chi connectivity index (χ2v) is 10.2. The third kappa shape index (κ3) is 13.7. The van der Waals surface area contributed by atoms with Gasteiger partial charge < -0.3 is 52.6 Å². The fraction of sp³-hybridized carbons (Fsp3) is 0.625. The molecule has 0 aromatic heterocycles. The molecule has 4 rings (SSSR count). The van der Waals surface area contributed by atoms with Crippen LogP contribution in [0.25, 0.3) is 0 Å². The molecule has 2 aromatic carbocycles. The molecule has 0 fully saturated rings. The number of hydrogen-bond donors (Lipinski definition) is 1. The minimum atomic E-state index is 0.336. The maximum atomic E-state index is 6.08. The van der Waals surface area contributed by atoms with Crippen LogP contribution in [0.1, 0.15) is 19.8 Å². The first-order chi connectivity index (χ1) is 22.8. The van der Waals surface area contributed by atoms with E-state index in [1.54, 1.807) is 6.07 Å². The Morgan fingerprint density at radius 1 is 0.543 bits per heavy atom. The van der Waals surface area contributed by atoms with Crippen molar-refractivity contribution in [1.82, 2.24) is 0 Å². The second kappa shape index (κ2) is 22.4. The number of nitrogens with zero attached hydrogens (tertiary/aromatic N) is 2. The smallest absolute Gasteiger partial charge is 0.242 e. The summed E-state index contributed by atoms with van der Waals surface area (Å²) in [5.41, 5.74) is 1.91. The van der Waals surface area contributed by atoms with Crippen molar-refractivity contribution in [2.24, 2.45) is 10.2 Å². The Kier molecular flexibility index (Phi) is 17.4. The molecule has 2 aliphatic rings. The lowest BCUT2D eigenvalue weighted by Gasteiger charge is -2.17. The summed E-state index contributed by atoms with van der Waals surface area (Å²) in [4.78, 5) is 0. The van der Waals surface area contributed by atoms with Gasteiger partial charge in [0.2, 0.25) is 7.41 Å². The number of hydrogen-bond acceptors (Lipinski definition) is 13. The molecular formula is C32H47BN3O10. The quantitative estimate of drug-likeness (QED) is 0.249. The number of fused-ring (bicyclic) bond motifs is 2. The molecule has 2 aliphatic heterocycles. The van der Waals surface area contributed by atoms with Crippen LogP contribution in [0.4, 0.5) is 17.1 Å². The van der Waals surface area contributed by atoms with E-state index in [1.807, 2.05) is 31.7 Å². The van der Waals surface area contributed by atoms with Crippen LogP contribution in [0.2, 0.25) is 6.32 Å². The van der Waals surface area contributed by atoms with Gasteiger partial charge in [-0.25, -0.2) is 0 Å². The molecule has 253 valence electrons. The molecule has 1 radical (unpaired) electrons. The Morgan fingerprint density at radius 3 is 1.52 bits per heavy atom. The van der Waals surface area contributed by atoms with Gasteiger partial charge in [0.15, 0.2) is 23.0 Å². The highest BCUT2D eigenvalue weighted by molar-refractivity contribution is 6.40. The van der Waals surface area contributed by atoms with Crippen LogP contribution >= 0.6 is 0 Å². The number of rotatable bonds is 7. The monoisotopic (exact) mass is 644 g/mol. The molecule has 0 saturated carbocycles. The van der Waals surface area contributed by atoms with Gasteiger partial charge in [0.05, 0.1) is 90.7 Å². The Bertz CT molecular complexity index is 1160. The minimum Gasteiger partial charge on any atom is -0.487 e. The topological polar surface area (TPSA) is 129 Å². The van der Waals surface area contributed by atoms with Gasteiger partial charge in [0, 0.05) is 18.2 Å². The zero-order valence-corrected chi connectivity index (χ0v) is 26.9. The molecule has 0 atom stereocenters. The normalized spacial score (nSPS) is 18.4. The van der Waals surface area contributed by atoms with Crippen molar-refractivity contribution in [3.8, 4) is 23.0 Å².